The Bertz CT molecular complexity index is 1350. The molecule has 0 bridgehead atoms. The van der Waals surface area contributed by atoms with Gasteiger partial charge in [0.15, 0.2) is 0 Å². The topological polar surface area (TPSA) is 101 Å². The Hall–Kier alpha value is -3.86. The summed E-state index contributed by atoms with van der Waals surface area (Å²) in [7, 11) is 1.49. The number of hydrogen-bond acceptors (Lipinski definition) is 6. The number of pyridine rings is 1. The maximum absolute atomic E-state index is 14.0. The average Bonchev–Trinajstić information content (AvgIpc) is 3.27. The van der Waals surface area contributed by atoms with Crippen molar-refractivity contribution < 1.29 is 13.9 Å². The van der Waals surface area contributed by atoms with E-state index < -0.39 is 11.7 Å². The number of methoxy groups -OCH3 is 1. The molecule has 0 spiro atoms. The fourth-order valence-corrected chi connectivity index (χ4v) is 4.66. The van der Waals surface area contributed by atoms with Gasteiger partial charge in [0.25, 0.3) is 0 Å². The summed E-state index contributed by atoms with van der Waals surface area (Å²) in [4.78, 5) is 17.3. The van der Waals surface area contributed by atoms with Crippen LogP contribution in [-0.4, -0.2) is 42.7 Å². The number of aryl methyl sites for hydroxylation is 1. The molecule has 0 aliphatic heterocycles. The molecule has 1 amide bonds. The first-order valence-electron chi connectivity index (χ1n) is 9.44. The number of hydrogen-bond donors (Lipinski definition) is 1. The first-order valence-corrected chi connectivity index (χ1v) is 11.2. The summed E-state index contributed by atoms with van der Waals surface area (Å²) < 4.78 is 20.5. The van der Waals surface area contributed by atoms with Crippen LogP contribution in [0.4, 0.5) is 9.08 Å². The van der Waals surface area contributed by atoms with Crippen LogP contribution >= 0.6 is 0 Å². The van der Waals surface area contributed by atoms with Crippen LogP contribution in [0.15, 0.2) is 54.7 Å². The zero-order valence-corrected chi connectivity index (χ0v) is 18.8. The van der Waals surface area contributed by atoms with Gasteiger partial charge in [0.2, 0.25) is 0 Å². The number of rotatable bonds is 5. The van der Waals surface area contributed by atoms with Gasteiger partial charge in [-0.1, -0.05) is 0 Å². The quantitative estimate of drug-likeness (QED) is 0.425. The van der Waals surface area contributed by atoms with Gasteiger partial charge in [-0.2, -0.15) is 0 Å². The molecule has 9 heteroatoms. The molecule has 0 radical (unpaired) electrons. The molecule has 158 valence electrons. The van der Waals surface area contributed by atoms with Crippen molar-refractivity contribution in [3.05, 3.63) is 77.4 Å². The Morgan fingerprint density at radius 1 is 1.12 bits per heavy atom. The van der Waals surface area contributed by atoms with E-state index in [-0.39, 0.29) is 20.1 Å². The number of halogens is 1. The molecule has 0 aliphatic rings. The van der Waals surface area contributed by atoms with E-state index in [0.717, 1.165) is 10.1 Å². The molecular weight excluding hydrogens is 476 g/mol. The number of carbonyl (C=O) groups is 1. The van der Waals surface area contributed by atoms with E-state index in [0.29, 0.717) is 32.8 Å². The van der Waals surface area contributed by atoms with E-state index in [2.05, 4.69) is 26.6 Å². The van der Waals surface area contributed by atoms with Crippen LogP contribution in [0, 0.1) is 24.1 Å². The Balaban J connectivity index is 1.65. The fraction of sp³-hybridized carbons (Fsp3) is 0.0870. The predicted molar refractivity (Wildman–Crippen MR) is 118 cm³/mol. The van der Waals surface area contributed by atoms with Crippen molar-refractivity contribution in [2.45, 2.75) is 6.92 Å². The van der Waals surface area contributed by atoms with Crippen LogP contribution in [-0.2, 0) is 0 Å². The monoisotopic (exact) mass is 493 g/mol. The predicted octanol–water partition coefficient (Wildman–Crippen LogP) is 3.84. The van der Waals surface area contributed by atoms with Gasteiger partial charge >= 0.3 is 189 Å². The van der Waals surface area contributed by atoms with Gasteiger partial charge < -0.3 is 0 Å². The van der Waals surface area contributed by atoms with Crippen LogP contribution in [0.5, 0.6) is 5.75 Å². The number of nitrogens with zero attached hydrogens (tertiary/aromatic N) is 4. The van der Waals surface area contributed by atoms with Gasteiger partial charge in [-0.05, 0) is 0 Å². The van der Waals surface area contributed by atoms with Gasteiger partial charge in [-0.25, -0.2) is 0 Å². The van der Waals surface area contributed by atoms with Crippen molar-refractivity contribution in [1.29, 1.82) is 5.26 Å². The molecule has 2 aromatic carbocycles. The normalized spacial score (nSPS) is 10.4. The standard InChI is InChI=1S/C23H16FN5O2Se/c1-13-9-17(18-10-16(24)7-8-20(18)31-2)19(12-26-13)21(30)27-23-29-28-22(32-23)15-5-3-14(11-25)4-6-15/h3-10,12H,1-2H3,(H,27,29,30). The van der Waals surface area contributed by atoms with Crippen LogP contribution < -0.4 is 10.1 Å². The molecule has 0 saturated heterocycles. The number of ether oxygens (including phenoxy) is 1. The Labute approximate surface area is 189 Å². The number of nitrogens with one attached hydrogen (secondary N) is 1. The summed E-state index contributed by atoms with van der Waals surface area (Å²) in [5.41, 5.74) is 3.31. The zero-order valence-electron chi connectivity index (χ0n) is 17.1. The zero-order chi connectivity index (χ0) is 22.7. The first kappa shape index (κ1) is 21.4. The Kier molecular flexibility index (Phi) is 6.08. The van der Waals surface area contributed by atoms with Crippen LogP contribution in [0.2, 0.25) is 0 Å². The Morgan fingerprint density at radius 3 is 2.62 bits per heavy atom. The molecule has 0 aliphatic carbocycles. The summed E-state index contributed by atoms with van der Waals surface area (Å²) in [6.45, 7) is 1.79. The van der Waals surface area contributed by atoms with Crippen molar-refractivity contribution >= 4 is 25.1 Å². The first-order chi connectivity index (χ1) is 15.5. The van der Waals surface area contributed by atoms with Crippen molar-refractivity contribution in [2.75, 3.05) is 12.4 Å². The molecule has 1 N–H and O–H groups in total. The van der Waals surface area contributed by atoms with Crippen LogP contribution in [0.1, 0.15) is 21.6 Å². The SMILES string of the molecule is COc1ccc(F)cc1-c1cc(C)ncc1C(=O)Nc1nnc(-c2ccc(C#N)cc2)[se]1. The van der Waals surface area contributed by atoms with Gasteiger partial charge in [0.1, 0.15) is 0 Å². The molecular formula is C23H16FN5O2Se. The van der Waals surface area contributed by atoms with Crippen molar-refractivity contribution in [1.82, 2.24) is 15.2 Å². The molecule has 2 aromatic heterocycles. The number of benzene rings is 2. The van der Waals surface area contributed by atoms with Gasteiger partial charge in [-0.15, -0.1) is 0 Å². The van der Waals surface area contributed by atoms with Crippen molar-refractivity contribution in [2.24, 2.45) is 0 Å². The minimum atomic E-state index is -0.439. The number of nitriles is 1. The summed E-state index contributed by atoms with van der Waals surface area (Å²) in [6, 6.07) is 15.0. The third kappa shape index (κ3) is 4.42. The molecule has 0 atom stereocenters. The molecule has 4 rings (SSSR count). The maximum atomic E-state index is 14.0. The molecule has 7 nitrogen and oxygen atoms in total. The number of carbonyl (C=O) groups excluding carboxylic acids is 1. The molecule has 32 heavy (non-hydrogen) atoms. The number of anilines is 1. The third-order valence-corrected chi connectivity index (χ3v) is 6.51. The summed E-state index contributed by atoms with van der Waals surface area (Å²) in [6.07, 6.45) is 1.45. The van der Waals surface area contributed by atoms with E-state index in [4.69, 9.17) is 10.00 Å². The van der Waals surface area contributed by atoms with Gasteiger partial charge in [0.05, 0.1) is 0 Å². The molecule has 0 unspecified atom stereocenters. The molecule has 2 heterocycles. The van der Waals surface area contributed by atoms with Crippen LogP contribution in [0.25, 0.3) is 21.3 Å². The summed E-state index contributed by atoms with van der Waals surface area (Å²) in [5.74, 6) is -0.416. The van der Waals surface area contributed by atoms with E-state index in [1.807, 2.05) is 0 Å². The van der Waals surface area contributed by atoms with E-state index in [1.165, 1.54) is 31.5 Å². The molecule has 0 fully saturated rings. The van der Waals surface area contributed by atoms with Crippen LogP contribution in [0.3, 0.4) is 0 Å². The van der Waals surface area contributed by atoms with E-state index in [1.54, 1.807) is 37.3 Å². The van der Waals surface area contributed by atoms with E-state index in [9.17, 15) is 9.18 Å². The minimum absolute atomic E-state index is 0.268. The average molecular weight is 492 g/mol. The van der Waals surface area contributed by atoms with E-state index >= 15 is 0 Å². The number of amides is 1. The second-order valence-electron chi connectivity index (χ2n) is 6.77. The summed E-state index contributed by atoms with van der Waals surface area (Å²) in [5, 5.41) is 20.0. The third-order valence-electron chi connectivity index (χ3n) is 4.64. The van der Waals surface area contributed by atoms with Gasteiger partial charge in [-0.3, -0.25) is 0 Å². The fourth-order valence-electron chi connectivity index (χ4n) is 3.10. The molecule has 0 saturated carbocycles. The van der Waals surface area contributed by atoms with Crippen molar-refractivity contribution in [3.8, 4) is 33.1 Å². The summed E-state index contributed by atoms with van der Waals surface area (Å²) >= 11 is -0.321. The second kappa shape index (κ2) is 9.10. The number of aromatic nitrogens is 3. The van der Waals surface area contributed by atoms with Gasteiger partial charge in [0, 0.05) is 0 Å². The second-order valence-corrected chi connectivity index (χ2v) is 8.82. The Morgan fingerprint density at radius 2 is 1.91 bits per heavy atom. The van der Waals surface area contributed by atoms with Crippen molar-refractivity contribution in [3.63, 3.8) is 0 Å². The molecule has 4 aromatic rings.